The Hall–Kier alpha value is -0.220. The van der Waals surface area contributed by atoms with Gasteiger partial charge in [-0.25, -0.2) is 8.78 Å². The van der Waals surface area contributed by atoms with Crippen LogP contribution in [0.25, 0.3) is 0 Å². The van der Waals surface area contributed by atoms with Gasteiger partial charge < -0.3 is 10.6 Å². The molecular weight excluding hydrogens is 174 g/mol. The van der Waals surface area contributed by atoms with E-state index in [-0.39, 0.29) is 6.42 Å². The Labute approximate surface area is 78.1 Å². The second-order valence-electron chi connectivity index (χ2n) is 3.59. The van der Waals surface area contributed by atoms with E-state index in [9.17, 15) is 8.78 Å². The molecule has 78 valence electrons. The Bertz CT molecular complexity index is 142. The summed E-state index contributed by atoms with van der Waals surface area (Å²) in [5.74, 6) is 0. The van der Waals surface area contributed by atoms with Crippen molar-refractivity contribution in [3.8, 4) is 0 Å². The second-order valence-corrected chi connectivity index (χ2v) is 3.59. The first-order chi connectivity index (χ1) is 6.24. The van der Waals surface area contributed by atoms with E-state index in [0.717, 1.165) is 25.8 Å². The maximum absolute atomic E-state index is 11.9. The lowest BCUT2D eigenvalue weighted by Gasteiger charge is -2.23. The zero-order chi connectivity index (χ0) is 9.68. The molecule has 1 aliphatic heterocycles. The third-order valence-corrected chi connectivity index (χ3v) is 2.63. The first kappa shape index (κ1) is 10.9. The summed E-state index contributed by atoms with van der Waals surface area (Å²) in [5, 5.41) is 0. The van der Waals surface area contributed by atoms with Gasteiger partial charge in [0.15, 0.2) is 0 Å². The van der Waals surface area contributed by atoms with Gasteiger partial charge in [0, 0.05) is 19.0 Å². The highest BCUT2D eigenvalue weighted by Crippen LogP contribution is 2.20. The molecule has 1 atom stereocenters. The molecule has 1 saturated heterocycles. The molecule has 1 unspecified atom stereocenters. The average molecular weight is 192 g/mol. The molecule has 1 heterocycles. The lowest BCUT2D eigenvalue weighted by Crippen LogP contribution is -2.32. The maximum Gasteiger partial charge on any atom is 0.239 e. The lowest BCUT2D eigenvalue weighted by molar-refractivity contribution is 0.112. The van der Waals surface area contributed by atoms with Gasteiger partial charge in [0.25, 0.3) is 0 Å². The van der Waals surface area contributed by atoms with Gasteiger partial charge in [0.1, 0.15) is 0 Å². The number of alkyl halides is 2. The third kappa shape index (κ3) is 3.56. The summed E-state index contributed by atoms with van der Waals surface area (Å²) < 4.78 is 23.9. The van der Waals surface area contributed by atoms with Gasteiger partial charge in [0.2, 0.25) is 6.43 Å². The average Bonchev–Trinajstić information content (AvgIpc) is 2.49. The van der Waals surface area contributed by atoms with Crippen molar-refractivity contribution in [2.45, 2.75) is 38.2 Å². The molecule has 4 heteroatoms. The van der Waals surface area contributed by atoms with E-state index in [1.54, 1.807) is 0 Å². The number of nitrogens with two attached hydrogens (primary N) is 1. The molecule has 0 aromatic rings. The standard InChI is InChI=1S/C9H18F2N2/c10-9(11)4-7-13-6-1-2-8(13)3-5-12/h8-9H,1-7,12H2. The number of hydrogen-bond donors (Lipinski definition) is 1. The minimum Gasteiger partial charge on any atom is -0.330 e. The van der Waals surface area contributed by atoms with Crippen LogP contribution in [0, 0.1) is 0 Å². The first-order valence-corrected chi connectivity index (χ1v) is 4.96. The zero-order valence-corrected chi connectivity index (χ0v) is 7.88. The van der Waals surface area contributed by atoms with Crippen LogP contribution in [-0.2, 0) is 0 Å². The van der Waals surface area contributed by atoms with Crippen LogP contribution in [-0.4, -0.2) is 37.0 Å². The third-order valence-electron chi connectivity index (χ3n) is 2.63. The summed E-state index contributed by atoms with van der Waals surface area (Å²) in [6, 6.07) is 0.462. The van der Waals surface area contributed by atoms with Crippen LogP contribution in [0.3, 0.4) is 0 Å². The Kier molecular flexibility index (Phi) is 4.59. The summed E-state index contributed by atoms with van der Waals surface area (Å²) in [6.45, 7) is 2.16. The number of nitrogens with zero attached hydrogens (tertiary/aromatic N) is 1. The SMILES string of the molecule is NCCC1CCCN1CCC(F)F. The normalized spacial score (nSPS) is 24.5. The molecular formula is C9H18F2N2. The summed E-state index contributed by atoms with van der Waals surface area (Å²) in [5.41, 5.74) is 5.45. The van der Waals surface area contributed by atoms with E-state index < -0.39 is 6.43 Å². The van der Waals surface area contributed by atoms with Gasteiger partial charge in [-0.3, -0.25) is 0 Å². The predicted octanol–water partition coefficient (Wildman–Crippen LogP) is 1.45. The highest BCUT2D eigenvalue weighted by molar-refractivity contribution is 4.79. The number of rotatable bonds is 5. The monoisotopic (exact) mass is 192 g/mol. The first-order valence-electron chi connectivity index (χ1n) is 4.96. The van der Waals surface area contributed by atoms with Crippen molar-refractivity contribution in [2.75, 3.05) is 19.6 Å². The number of likely N-dealkylation sites (tertiary alicyclic amines) is 1. The summed E-state index contributed by atoms with van der Waals surface area (Å²) in [4.78, 5) is 2.15. The van der Waals surface area contributed by atoms with Crippen molar-refractivity contribution in [1.82, 2.24) is 4.90 Å². The molecule has 1 aliphatic rings. The molecule has 0 bridgehead atoms. The summed E-state index contributed by atoms with van der Waals surface area (Å²) in [7, 11) is 0. The lowest BCUT2D eigenvalue weighted by atomic mass is 10.1. The van der Waals surface area contributed by atoms with Gasteiger partial charge in [0.05, 0.1) is 0 Å². The van der Waals surface area contributed by atoms with Crippen LogP contribution in [0.1, 0.15) is 25.7 Å². The molecule has 0 aromatic heterocycles. The van der Waals surface area contributed by atoms with Crippen molar-refractivity contribution < 1.29 is 8.78 Å². The summed E-state index contributed by atoms with van der Waals surface area (Å²) in [6.07, 6.45) is 1.04. The number of halogens is 2. The molecule has 1 fully saturated rings. The quantitative estimate of drug-likeness (QED) is 0.714. The fraction of sp³-hybridized carbons (Fsp3) is 1.00. The van der Waals surface area contributed by atoms with E-state index in [1.165, 1.54) is 0 Å². The van der Waals surface area contributed by atoms with Crippen molar-refractivity contribution in [3.63, 3.8) is 0 Å². The van der Waals surface area contributed by atoms with Crippen LogP contribution < -0.4 is 5.73 Å². The van der Waals surface area contributed by atoms with E-state index >= 15 is 0 Å². The Morgan fingerprint density at radius 3 is 2.85 bits per heavy atom. The van der Waals surface area contributed by atoms with E-state index in [4.69, 9.17) is 5.73 Å². The maximum atomic E-state index is 11.9. The van der Waals surface area contributed by atoms with Gasteiger partial charge in [-0.1, -0.05) is 0 Å². The van der Waals surface area contributed by atoms with Crippen molar-refractivity contribution >= 4 is 0 Å². The second kappa shape index (κ2) is 5.50. The minimum absolute atomic E-state index is 0.00106. The summed E-state index contributed by atoms with van der Waals surface area (Å²) >= 11 is 0. The van der Waals surface area contributed by atoms with Crippen LogP contribution in [0.2, 0.25) is 0 Å². The van der Waals surface area contributed by atoms with Gasteiger partial charge in [-0.15, -0.1) is 0 Å². The molecule has 0 radical (unpaired) electrons. The van der Waals surface area contributed by atoms with Crippen LogP contribution in [0.5, 0.6) is 0 Å². The Morgan fingerprint density at radius 2 is 2.23 bits per heavy atom. The smallest absolute Gasteiger partial charge is 0.239 e. The molecule has 0 aliphatic carbocycles. The molecule has 2 nitrogen and oxygen atoms in total. The predicted molar refractivity (Wildman–Crippen MR) is 48.9 cm³/mol. The molecule has 0 aromatic carbocycles. The molecule has 13 heavy (non-hydrogen) atoms. The van der Waals surface area contributed by atoms with Crippen LogP contribution >= 0.6 is 0 Å². The van der Waals surface area contributed by atoms with Crippen molar-refractivity contribution in [1.29, 1.82) is 0 Å². The number of hydrogen-bond acceptors (Lipinski definition) is 2. The van der Waals surface area contributed by atoms with E-state index in [1.807, 2.05) is 0 Å². The van der Waals surface area contributed by atoms with Gasteiger partial charge in [-0.2, -0.15) is 0 Å². The van der Waals surface area contributed by atoms with Crippen molar-refractivity contribution in [3.05, 3.63) is 0 Å². The largest absolute Gasteiger partial charge is 0.330 e. The fourth-order valence-electron chi connectivity index (χ4n) is 1.97. The van der Waals surface area contributed by atoms with Gasteiger partial charge >= 0.3 is 0 Å². The highest BCUT2D eigenvalue weighted by Gasteiger charge is 2.23. The van der Waals surface area contributed by atoms with E-state index in [2.05, 4.69) is 4.90 Å². The minimum atomic E-state index is -2.17. The molecule has 2 N–H and O–H groups in total. The Balaban J connectivity index is 2.22. The molecule has 1 rings (SSSR count). The van der Waals surface area contributed by atoms with E-state index in [0.29, 0.717) is 19.1 Å². The fourth-order valence-corrected chi connectivity index (χ4v) is 1.97. The molecule has 0 amide bonds. The van der Waals surface area contributed by atoms with Crippen LogP contribution in [0.15, 0.2) is 0 Å². The Morgan fingerprint density at radius 1 is 1.46 bits per heavy atom. The van der Waals surface area contributed by atoms with Gasteiger partial charge in [-0.05, 0) is 32.4 Å². The molecule has 0 spiro atoms. The highest BCUT2D eigenvalue weighted by atomic mass is 19.3. The molecule has 0 saturated carbocycles. The zero-order valence-electron chi connectivity index (χ0n) is 7.88. The topological polar surface area (TPSA) is 29.3 Å². The van der Waals surface area contributed by atoms with Crippen molar-refractivity contribution in [2.24, 2.45) is 5.73 Å². The van der Waals surface area contributed by atoms with Crippen LogP contribution in [0.4, 0.5) is 8.78 Å².